The Balaban J connectivity index is 4.06. The summed E-state index contributed by atoms with van der Waals surface area (Å²) in [5.74, 6) is 0.706. The van der Waals surface area contributed by atoms with Crippen molar-refractivity contribution in [2.45, 2.75) is 53.5 Å². The minimum absolute atomic E-state index is 0.266. The van der Waals surface area contributed by atoms with Crippen LogP contribution in [0.25, 0.3) is 0 Å². The van der Waals surface area contributed by atoms with Crippen LogP contribution >= 0.6 is 0 Å². The van der Waals surface area contributed by atoms with Gasteiger partial charge in [-0.1, -0.05) is 27.7 Å². The van der Waals surface area contributed by atoms with Gasteiger partial charge in [0.25, 0.3) is 0 Å². The van der Waals surface area contributed by atoms with Crippen molar-refractivity contribution in [3.63, 3.8) is 0 Å². The number of rotatable bonds is 5. The van der Waals surface area contributed by atoms with Crippen molar-refractivity contribution in [2.75, 3.05) is 6.54 Å². The van der Waals surface area contributed by atoms with Gasteiger partial charge in [0.1, 0.15) is 5.54 Å². The molecule has 0 fully saturated rings. The molecule has 0 heterocycles. The summed E-state index contributed by atoms with van der Waals surface area (Å²) in [7, 11) is 0. The summed E-state index contributed by atoms with van der Waals surface area (Å²) >= 11 is 0. The van der Waals surface area contributed by atoms with Crippen molar-refractivity contribution in [1.82, 2.24) is 5.32 Å². The molecule has 0 spiro atoms. The van der Waals surface area contributed by atoms with Crippen molar-refractivity contribution in [3.8, 4) is 6.07 Å². The molecule has 1 N–H and O–H groups in total. The molecule has 0 aliphatic carbocycles. The van der Waals surface area contributed by atoms with Gasteiger partial charge in [-0.2, -0.15) is 5.26 Å². The van der Waals surface area contributed by atoms with Gasteiger partial charge in [0.2, 0.25) is 0 Å². The van der Waals surface area contributed by atoms with E-state index in [4.69, 9.17) is 5.26 Å². The molecule has 0 aromatic heterocycles. The van der Waals surface area contributed by atoms with Crippen LogP contribution in [0.5, 0.6) is 0 Å². The molecule has 82 valence electrons. The summed E-state index contributed by atoms with van der Waals surface area (Å²) in [6.45, 7) is 13.7. The summed E-state index contributed by atoms with van der Waals surface area (Å²) in [4.78, 5) is 0. The smallest absolute Gasteiger partial charge is 0.101 e. The summed E-state index contributed by atoms with van der Waals surface area (Å²) in [5, 5.41) is 12.2. The second kappa shape index (κ2) is 4.79. The Morgan fingerprint density at radius 3 is 2.07 bits per heavy atom. The van der Waals surface area contributed by atoms with E-state index in [1.54, 1.807) is 0 Å². The standard InChI is InChI=1S/C12H24N2/c1-10(2)7-11(3,4)9-14-12(5,6)8-13/h10,14H,7,9H2,1-6H3. The SMILES string of the molecule is CC(C)CC(C)(C)CNC(C)(C)C#N. The fourth-order valence-electron chi connectivity index (χ4n) is 1.68. The van der Waals surface area contributed by atoms with Gasteiger partial charge in [0.15, 0.2) is 0 Å². The number of nitrogens with zero attached hydrogens (tertiary/aromatic N) is 1. The first-order valence-electron chi connectivity index (χ1n) is 5.35. The average molecular weight is 196 g/mol. The van der Waals surface area contributed by atoms with Crippen molar-refractivity contribution >= 4 is 0 Å². The first kappa shape index (κ1) is 13.4. The topological polar surface area (TPSA) is 35.8 Å². The lowest BCUT2D eigenvalue weighted by molar-refractivity contribution is 0.254. The summed E-state index contributed by atoms with van der Waals surface area (Å²) in [5.41, 5.74) is -0.142. The van der Waals surface area contributed by atoms with E-state index in [2.05, 4.69) is 39.1 Å². The van der Waals surface area contributed by atoms with Gasteiger partial charge < -0.3 is 0 Å². The highest BCUT2D eigenvalue weighted by molar-refractivity contribution is 5.00. The number of hydrogen-bond donors (Lipinski definition) is 1. The van der Waals surface area contributed by atoms with Crippen LogP contribution in [0.4, 0.5) is 0 Å². The molecule has 2 nitrogen and oxygen atoms in total. The van der Waals surface area contributed by atoms with E-state index in [9.17, 15) is 0 Å². The van der Waals surface area contributed by atoms with Crippen molar-refractivity contribution in [3.05, 3.63) is 0 Å². The maximum absolute atomic E-state index is 8.86. The monoisotopic (exact) mass is 196 g/mol. The quantitative estimate of drug-likeness (QED) is 0.734. The van der Waals surface area contributed by atoms with Crippen LogP contribution in [0.3, 0.4) is 0 Å². The fourth-order valence-corrected chi connectivity index (χ4v) is 1.68. The van der Waals surface area contributed by atoms with E-state index in [1.165, 1.54) is 6.42 Å². The van der Waals surface area contributed by atoms with Gasteiger partial charge >= 0.3 is 0 Å². The maximum Gasteiger partial charge on any atom is 0.101 e. The molecular formula is C12H24N2. The Kier molecular flexibility index (Phi) is 4.61. The van der Waals surface area contributed by atoms with Crippen LogP contribution in [0, 0.1) is 22.7 Å². The summed E-state index contributed by atoms with van der Waals surface area (Å²) < 4.78 is 0. The van der Waals surface area contributed by atoms with E-state index in [-0.39, 0.29) is 5.41 Å². The summed E-state index contributed by atoms with van der Waals surface area (Å²) in [6.07, 6.45) is 1.18. The molecule has 0 aromatic rings. The largest absolute Gasteiger partial charge is 0.299 e. The number of nitrogens with one attached hydrogen (secondary N) is 1. The second-order valence-corrected chi connectivity index (χ2v) is 5.85. The Morgan fingerprint density at radius 1 is 1.21 bits per heavy atom. The highest BCUT2D eigenvalue weighted by Gasteiger charge is 2.23. The van der Waals surface area contributed by atoms with E-state index >= 15 is 0 Å². The lowest BCUT2D eigenvalue weighted by Crippen LogP contribution is -2.43. The third-order valence-corrected chi connectivity index (χ3v) is 2.25. The second-order valence-electron chi connectivity index (χ2n) is 5.85. The Bertz CT molecular complexity index is 209. The normalized spacial score (nSPS) is 13.0. The molecule has 0 bridgehead atoms. The van der Waals surface area contributed by atoms with Gasteiger partial charge in [0.05, 0.1) is 6.07 Å². The lowest BCUT2D eigenvalue weighted by Gasteiger charge is -2.30. The molecule has 0 aliphatic heterocycles. The molecule has 0 saturated heterocycles. The van der Waals surface area contributed by atoms with Crippen molar-refractivity contribution in [1.29, 1.82) is 5.26 Å². The van der Waals surface area contributed by atoms with Crippen molar-refractivity contribution < 1.29 is 0 Å². The molecule has 0 aliphatic rings. The molecule has 2 heteroatoms. The zero-order valence-corrected chi connectivity index (χ0v) is 10.4. The van der Waals surface area contributed by atoms with Gasteiger partial charge in [-0.15, -0.1) is 0 Å². The van der Waals surface area contributed by atoms with Crippen LogP contribution in [-0.4, -0.2) is 12.1 Å². The molecule has 0 radical (unpaired) electrons. The third kappa shape index (κ3) is 5.99. The van der Waals surface area contributed by atoms with E-state index in [1.807, 2.05) is 13.8 Å². The number of nitriles is 1. The van der Waals surface area contributed by atoms with Crippen molar-refractivity contribution in [2.24, 2.45) is 11.3 Å². The van der Waals surface area contributed by atoms with Crippen LogP contribution in [0.15, 0.2) is 0 Å². The molecule has 0 saturated carbocycles. The lowest BCUT2D eigenvalue weighted by atomic mass is 9.83. The third-order valence-electron chi connectivity index (χ3n) is 2.25. The zero-order chi connectivity index (χ0) is 11.4. The highest BCUT2D eigenvalue weighted by atomic mass is 15.0. The average Bonchev–Trinajstić information content (AvgIpc) is 1.99. The van der Waals surface area contributed by atoms with E-state index in [0.717, 1.165) is 6.54 Å². The zero-order valence-electron chi connectivity index (χ0n) is 10.4. The fraction of sp³-hybridized carbons (Fsp3) is 0.917. The minimum Gasteiger partial charge on any atom is -0.299 e. The van der Waals surface area contributed by atoms with Crippen LogP contribution in [-0.2, 0) is 0 Å². The Morgan fingerprint density at radius 2 is 1.71 bits per heavy atom. The first-order valence-corrected chi connectivity index (χ1v) is 5.35. The van der Waals surface area contributed by atoms with Gasteiger partial charge in [-0.25, -0.2) is 0 Å². The molecule has 0 unspecified atom stereocenters. The Labute approximate surface area is 88.7 Å². The van der Waals surface area contributed by atoms with Gasteiger partial charge in [-0.3, -0.25) is 5.32 Å². The molecule has 0 atom stereocenters. The maximum atomic E-state index is 8.86. The molecule has 0 amide bonds. The highest BCUT2D eigenvalue weighted by Crippen LogP contribution is 2.24. The van der Waals surface area contributed by atoms with E-state index < -0.39 is 5.54 Å². The van der Waals surface area contributed by atoms with Crippen LogP contribution < -0.4 is 5.32 Å². The van der Waals surface area contributed by atoms with Gasteiger partial charge in [0, 0.05) is 6.54 Å². The van der Waals surface area contributed by atoms with Crippen LogP contribution in [0.2, 0.25) is 0 Å². The minimum atomic E-state index is -0.408. The summed E-state index contributed by atoms with van der Waals surface area (Å²) in [6, 6.07) is 2.26. The Hall–Kier alpha value is -0.550. The molecule has 14 heavy (non-hydrogen) atoms. The molecule has 0 rings (SSSR count). The predicted octanol–water partition coefficient (Wildman–Crippen LogP) is 2.95. The molecule has 0 aromatic carbocycles. The van der Waals surface area contributed by atoms with E-state index in [0.29, 0.717) is 5.92 Å². The number of hydrogen-bond acceptors (Lipinski definition) is 2. The van der Waals surface area contributed by atoms with Crippen LogP contribution in [0.1, 0.15) is 48.0 Å². The predicted molar refractivity (Wildman–Crippen MR) is 60.9 cm³/mol. The van der Waals surface area contributed by atoms with Gasteiger partial charge in [-0.05, 0) is 31.6 Å². The molecular weight excluding hydrogens is 172 g/mol. The first-order chi connectivity index (χ1) is 6.18.